The molecule has 0 bridgehead atoms. The van der Waals surface area contributed by atoms with E-state index in [0.29, 0.717) is 5.92 Å². The van der Waals surface area contributed by atoms with Gasteiger partial charge in [-0.15, -0.1) is 0 Å². The van der Waals surface area contributed by atoms with Crippen LogP contribution in [0.25, 0.3) is 0 Å². The maximum absolute atomic E-state index is 4.64. The van der Waals surface area contributed by atoms with Crippen molar-refractivity contribution in [2.24, 2.45) is 5.92 Å². The predicted molar refractivity (Wildman–Crippen MR) is 81.4 cm³/mol. The number of nitrogens with one attached hydrogen (secondary N) is 1. The van der Waals surface area contributed by atoms with Crippen molar-refractivity contribution < 1.29 is 0 Å². The van der Waals surface area contributed by atoms with E-state index in [4.69, 9.17) is 0 Å². The molecule has 0 amide bonds. The number of anilines is 1. The summed E-state index contributed by atoms with van der Waals surface area (Å²) in [4.78, 5) is 9.21. The van der Waals surface area contributed by atoms with Crippen LogP contribution in [0.3, 0.4) is 0 Å². The SMILES string of the molecule is CCCNc1nc(CC)nc(CC(C)C)c1I. The lowest BCUT2D eigenvalue weighted by Gasteiger charge is -2.13. The molecular weight excluding hydrogens is 325 g/mol. The second-order valence-corrected chi connectivity index (χ2v) is 5.71. The first-order valence-electron chi connectivity index (χ1n) is 6.37. The Hall–Kier alpha value is -0.390. The number of rotatable bonds is 6. The van der Waals surface area contributed by atoms with Gasteiger partial charge in [0.25, 0.3) is 0 Å². The van der Waals surface area contributed by atoms with E-state index in [1.807, 2.05) is 0 Å². The Kier molecular flexibility index (Phi) is 6.16. The summed E-state index contributed by atoms with van der Waals surface area (Å²) in [6, 6.07) is 0. The maximum Gasteiger partial charge on any atom is 0.143 e. The van der Waals surface area contributed by atoms with Crippen LogP contribution < -0.4 is 5.32 Å². The second-order valence-electron chi connectivity index (χ2n) is 4.63. The first-order valence-corrected chi connectivity index (χ1v) is 7.45. The zero-order valence-corrected chi connectivity index (χ0v) is 13.3. The van der Waals surface area contributed by atoms with E-state index < -0.39 is 0 Å². The monoisotopic (exact) mass is 347 g/mol. The fourth-order valence-electron chi connectivity index (χ4n) is 1.59. The van der Waals surface area contributed by atoms with Crippen LogP contribution in [0.4, 0.5) is 5.82 Å². The van der Waals surface area contributed by atoms with Gasteiger partial charge in [-0.05, 0) is 41.4 Å². The third-order valence-corrected chi connectivity index (χ3v) is 3.56. The molecule has 1 N–H and O–H groups in total. The first-order chi connectivity index (χ1) is 8.08. The molecule has 0 saturated carbocycles. The van der Waals surface area contributed by atoms with Gasteiger partial charge >= 0.3 is 0 Å². The Morgan fingerprint density at radius 2 is 1.94 bits per heavy atom. The van der Waals surface area contributed by atoms with E-state index in [0.717, 1.165) is 37.4 Å². The summed E-state index contributed by atoms with van der Waals surface area (Å²) in [6.45, 7) is 9.69. The van der Waals surface area contributed by atoms with E-state index in [1.54, 1.807) is 0 Å². The van der Waals surface area contributed by atoms with Crippen molar-refractivity contribution in [3.63, 3.8) is 0 Å². The van der Waals surface area contributed by atoms with Gasteiger partial charge in [0, 0.05) is 13.0 Å². The van der Waals surface area contributed by atoms with E-state index in [-0.39, 0.29) is 0 Å². The minimum atomic E-state index is 0.627. The average Bonchev–Trinajstić information content (AvgIpc) is 2.29. The lowest BCUT2D eigenvalue weighted by Crippen LogP contribution is -2.11. The largest absolute Gasteiger partial charge is 0.369 e. The molecule has 1 aromatic heterocycles. The summed E-state index contributed by atoms with van der Waals surface area (Å²) >= 11 is 2.36. The third kappa shape index (κ3) is 4.41. The van der Waals surface area contributed by atoms with Crippen molar-refractivity contribution in [3.8, 4) is 0 Å². The highest BCUT2D eigenvalue weighted by Crippen LogP contribution is 2.21. The van der Waals surface area contributed by atoms with E-state index in [9.17, 15) is 0 Å². The Morgan fingerprint density at radius 1 is 1.24 bits per heavy atom. The van der Waals surface area contributed by atoms with Crippen LogP contribution in [0.15, 0.2) is 0 Å². The minimum Gasteiger partial charge on any atom is -0.369 e. The topological polar surface area (TPSA) is 37.8 Å². The summed E-state index contributed by atoms with van der Waals surface area (Å²) in [5.74, 6) is 2.58. The molecule has 0 aliphatic heterocycles. The molecule has 96 valence electrons. The number of nitrogens with zero attached hydrogens (tertiary/aromatic N) is 2. The quantitative estimate of drug-likeness (QED) is 0.798. The molecule has 0 aliphatic rings. The van der Waals surface area contributed by atoms with Crippen molar-refractivity contribution in [2.45, 2.75) is 47.0 Å². The summed E-state index contributed by atoms with van der Waals surface area (Å²) in [6.07, 6.45) is 3.03. The number of hydrogen-bond donors (Lipinski definition) is 1. The van der Waals surface area contributed by atoms with Crippen molar-refractivity contribution in [1.82, 2.24) is 9.97 Å². The van der Waals surface area contributed by atoms with Gasteiger partial charge in [0.2, 0.25) is 0 Å². The molecule has 4 heteroatoms. The fourth-order valence-corrected chi connectivity index (χ4v) is 2.24. The van der Waals surface area contributed by atoms with Gasteiger partial charge in [-0.3, -0.25) is 0 Å². The van der Waals surface area contributed by atoms with Gasteiger partial charge in [-0.25, -0.2) is 9.97 Å². The Morgan fingerprint density at radius 3 is 2.47 bits per heavy atom. The molecule has 0 unspecified atom stereocenters. The molecule has 1 heterocycles. The molecule has 0 aromatic carbocycles. The predicted octanol–water partition coefficient (Wildman–Crippen LogP) is 3.66. The standard InChI is InChI=1S/C13H22IN3/c1-5-7-15-13-12(14)10(8-9(3)4)16-11(6-2)17-13/h9H,5-8H2,1-4H3,(H,15,16,17). The van der Waals surface area contributed by atoms with Crippen molar-refractivity contribution in [3.05, 3.63) is 15.1 Å². The van der Waals surface area contributed by atoms with Crippen molar-refractivity contribution in [2.75, 3.05) is 11.9 Å². The normalized spacial score (nSPS) is 10.9. The summed E-state index contributed by atoms with van der Waals surface area (Å²) < 4.78 is 1.18. The highest BCUT2D eigenvalue weighted by Gasteiger charge is 2.12. The van der Waals surface area contributed by atoms with Crippen LogP contribution in [-0.4, -0.2) is 16.5 Å². The van der Waals surface area contributed by atoms with Gasteiger partial charge < -0.3 is 5.32 Å². The Labute approximate surface area is 118 Å². The van der Waals surface area contributed by atoms with Crippen LogP contribution in [0, 0.1) is 9.49 Å². The Balaban J connectivity index is 3.02. The zero-order chi connectivity index (χ0) is 12.8. The summed E-state index contributed by atoms with van der Waals surface area (Å²) in [5.41, 5.74) is 1.19. The van der Waals surface area contributed by atoms with Gasteiger partial charge in [-0.1, -0.05) is 27.7 Å². The fraction of sp³-hybridized carbons (Fsp3) is 0.692. The smallest absolute Gasteiger partial charge is 0.143 e. The molecule has 0 aliphatic carbocycles. The first kappa shape index (κ1) is 14.7. The van der Waals surface area contributed by atoms with E-state index in [2.05, 4.69) is 65.6 Å². The lowest BCUT2D eigenvalue weighted by atomic mass is 10.1. The highest BCUT2D eigenvalue weighted by atomic mass is 127. The van der Waals surface area contributed by atoms with Crippen molar-refractivity contribution in [1.29, 1.82) is 0 Å². The van der Waals surface area contributed by atoms with Gasteiger partial charge in [0.15, 0.2) is 0 Å². The van der Waals surface area contributed by atoms with Gasteiger partial charge in [-0.2, -0.15) is 0 Å². The van der Waals surface area contributed by atoms with Crippen molar-refractivity contribution >= 4 is 28.4 Å². The number of halogens is 1. The molecule has 17 heavy (non-hydrogen) atoms. The van der Waals surface area contributed by atoms with Crippen LogP contribution in [0.1, 0.15) is 45.6 Å². The lowest BCUT2D eigenvalue weighted by molar-refractivity contribution is 0.628. The van der Waals surface area contributed by atoms with Gasteiger partial charge in [0.1, 0.15) is 11.6 Å². The molecule has 0 radical (unpaired) electrons. The van der Waals surface area contributed by atoms with Crippen LogP contribution in [0.2, 0.25) is 0 Å². The minimum absolute atomic E-state index is 0.627. The van der Waals surface area contributed by atoms with Crippen LogP contribution in [0.5, 0.6) is 0 Å². The number of hydrogen-bond acceptors (Lipinski definition) is 3. The van der Waals surface area contributed by atoms with E-state index in [1.165, 1.54) is 9.26 Å². The molecule has 0 fully saturated rings. The second kappa shape index (κ2) is 7.13. The van der Waals surface area contributed by atoms with Crippen LogP contribution in [-0.2, 0) is 12.8 Å². The molecular formula is C13H22IN3. The molecule has 0 atom stereocenters. The van der Waals surface area contributed by atoms with Gasteiger partial charge in [0.05, 0.1) is 9.26 Å². The van der Waals surface area contributed by atoms with Crippen LogP contribution >= 0.6 is 22.6 Å². The molecule has 3 nitrogen and oxygen atoms in total. The average molecular weight is 347 g/mol. The molecule has 0 spiro atoms. The maximum atomic E-state index is 4.64. The zero-order valence-electron chi connectivity index (χ0n) is 11.2. The molecule has 1 rings (SSSR count). The number of aryl methyl sites for hydroxylation is 1. The molecule has 0 saturated heterocycles. The Bertz CT molecular complexity index is 364. The number of aromatic nitrogens is 2. The summed E-state index contributed by atoms with van der Waals surface area (Å²) in [5, 5.41) is 3.39. The van der Waals surface area contributed by atoms with E-state index >= 15 is 0 Å². The third-order valence-electron chi connectivity index (χ3n) is 2.43. The highest BCUT2D eigenvalue weighted by molar-refractivity contribution is 14.1. The molecule has 1 aromatic rings. The summed E-state index contributed by atoms with van der Waals surface area (Å²) in [7, 11) is 0.